The molecule has 4 nitrogen and oxygen atoms in total. The van der Waals surface area contributed by atoms with Gasteiger partial charge in [-0.3, -0.25) is 14.2 Å². The van der Waals surface area contributed by atoms with Crippen LogP contribution >= 0.6 is 34.7 Å². The summed E-state index contributed by atoms with van der Waals surface area (Å²) < 4.78 is 16.3. The zero-order chi connectivity index (χ0) is 19.6. The van der Waals surface area contributed by atoms with E-state index in [1.54, 1.807) is 22.8 Å². The zero-order valence-corrected chi connectivity index (χ0v) is 17.2. The molecule has 1 heterocycles. The van der Waals surface area contributed by atoms with Crippen LogP contribution in [0.3, 0.4) is 0 Å². The number of nitrogens with zero attached hydrogens (tertiary/aromatic N) is 1. The minimum atomic E-state index is -0.370. The lowest BCUT2D eigenvalue weighted by atomic mass is 10.2. The smallest absolute Gasteiger partial charge is 0.308 e. The predicted octanol–water partition coefficient (Wildman–Crippen LogP) is 5.31. The van der Waals surface area contributed by atoms with Gasteiger partial charge in [0.05, 0.1) is 16.0 Å². The average molecular weight is 425 g/mol. The van der Waals surface area contributed by atoms with E-state index in [0.717, 1.165) is 21.6 Å². The number of rotatable bonds is 6. The molecule has 1 N–H and O–H groups in total. The lowest BCUT2D eigenvalue weighted by molar-refractivity contribution is -0.113. The Bertz CT molecular complexity index is 1050. The van der Waals surface area contributed by atoms with Gasteiger partial charge in [0, 0.05) is 22.5 Å². The van der Waals surface area contributed by atoms with Gasteiger partial charge in [-0.05, 0) is 49.7 Å². The van der Waals surface area contributed by atoms with Crippen molar-refractivity contribution in [3.05, 3.63) is 62.5 Å². The zero-order valence-electron chi connectivity index (χ0n) is 14.8. The summed E-state index contributed by atoms with van der Waals surface area (Å²) in [6.45, 7) is 3.92. The van der Waals surface area contributed by atoms with Gasteiger partial charge in [0.2, 0.25) is 5.91 Å². The summed E-state index contributed by atoms with van der Waals surface area (Å²) in [6.07, 6.45) is 0. The molecule has 3 rings (SSSR count). The van der Waals surface area contributed by atoms with Crippen LogP contribution in [0.2, 0.25) is 5.02 Å². The molecule has 0 bridgehead atoms. The summed E-state index contributed by atoms with van der Waals surface area (Å²) in [6, 6.07) is 10.0. The van der Waals surface area contributed by atoms with Crippen LogP contribution in [0.25, 0.3) is 10.2 Å². The highest BCUT2D eigenvalue weighted by Crippen LogP contribution is 2.24. The SMILES string of the molecule is CC(C)n1c(=O)sc2cc(NC(=O)CSCc3ccc(Cl)cc3F)ccc21. The maximum atomic E-state index is 13.7. The highest BCUT2D eigenvalue weighted by atomic mass is 35.5. The number of thioether (sulfide) groups is 1. The van der Waals surface area contributed by atoms with E-state index in [9.17, 15) is 14.0 Å². The molecule has 3 aromatic rings. The van der Waals surface area contributed by atoms with Gasteiger partial charge in [-0.1, -0.05) is 29.0 Å². The van der Waals surface area contributed by atoms with Crippen LogP contribution in [-0.2, 0) is 10.5 Å². The van der Waals surface area contributed by atoms with E-state index in [4.69, 9.17) is 11.6 Å². The molecule has 0 unspecified atom stereocenters. The summed E-state index contributed by atoms with van der Waals surface area (Å²) in [5.74, 6) is 0.0345. The Labute approximate surface area is 169 Å². The minimum absolute atomic E-state index is 0.0102. The lowest BCUT2D eigenvalue weighted by Gasteiger charge is -2.09. The fourth-order valence-electron chi connectivity index (χ4n) is 2.69. The summed E-state index contributed by atoms with van der Waals surface area (Å²) in [7, 11) is 0. The largest absolute Gasteiger partial charge is 0.325 e. The fourth-order valence-corrected chi connectivity index (χ4v) is 4.72. The van der Waals surface area contributed by atoms with Crippen LogP contribution < -0.4 is 10.2 Å². The normalized spacial score (nSPS) is 11.3. The van der Waals surface area contributed by atoms with Crippen LogP contribution in [0.5, 0.6) is 0 Å². The monoisotopic (exact) mass is 424 g/mol. The molecule has 0 radical (unpaired) electrons. The number of halogens is 2. The molecule has 1 aromatic heterocycles. The Morgan fingerprint density at radius 2 is 2.07 bits per heavy atom. The second-order valence-electron chi connectivity index (χ2n) is 6.29. The van der Waals surface area contributed by atoms with E-state index in [0.29, 0.717) is 22.0 Å². The standard InChI is InChI=1S/C19H18ClFN2O2S2/c1-11(2)23-16-6-5-14(8-17(16)27-19(23)25)22-18(24)10-26-9-12-3-4-13(20)7-15(12)21/h3-8,11H,9-10H2,1-2H3,(H,22,24). The second kappa shape index (κ2) is 8.46. The number of benzene rings is 2. The third-order valence-corrected chi connectivity index (χ3v) is 6.05. The summed E-state index contributed by atoms with van der Waals surface area (Å²) in [4.78, 5) is 24.2. The van der Waals surface area contributed by atoms with E-state index < -0.39 is 0 Å². The van der Waals surface area contributed by atoms with Crippen molar-refractivity contribution < 1.29 is 9.18 Å². The van der Waals surface area contributed by atoms with E-state index in [1.807, 2.05) is 26.0 Å². The molecule has 1 amide bonds. The van der Waals surface area contributed by atoms with Crippen molar-refractivity contribution >= 4 is 56.5 Å². The van der Waals surface area contributed by atoms with Crippen LogP contribution in [0.4, 0.5) is 10.1 Å². The van der Waals surface area contributed by atoms with E-state index in [2.05, 4.69) is 5.32 Å². The van der Waals surface area contributed by atoms with E-state index in [1.165, 1.54) is 17.8 Å². The molecule has 0 atom stereocenters. The first-order valence-electron chi connectivity index (χ1n) is 8.32. The van der Waals surface area contributed by atoms with E-state index in [-0.39, 0.29) is 28.4 Å². The van der Waals surface area contributed by atoms with Crippen molar-refractivity contribution in [3.8, 4) is 0 Å². The summed E-state index contributed by atoms with van der Waals surface area (Å²) in [5.41, 5.74) is 2.02. The Morgan fingerprint density at radius 1 is 1.30 bits per heavy atom. The molecule has 0 aliphatic rings. The molecule has 27 heavy (non-hydrogen) atoms. The molecular formula is C19H18ClFN2O2S2. The number of anilines is 1. The average Bonchev–Trinajstić information content (AvgIpc) is 2.92. The molecule has 2 aromatic carbocycles. The first kappa shape index (κ1) is 19.9. The third kappa shape index (κ3) is 4.72. The quantitative estimate of drug-likeness (QED) is 0.583. The number of carbonyl (C=O) groups excluding carboxylic acids is 1. The van der Waals surface area contributed by atoms with Gasteiger partial charge >= 0.3 is 4.87 Å². The topological polar surface area (TPSA) is 51.1 Å². The molecule has 0 aliphatic carbocycles. The number of fused-ring (bicyclic) bond motifs is 1. The first-order chi connectivity index (χ1) is 12.8. The van der Waals surface area contributed by atoms with Crippen molar-refractivity contribution in [2.75, 3.05) is 11.1 Å². The number of amides is 1. The van der Waals surface area contributed by atoms with Crippen LogP contribution in [-0.4, -0.2) is 16.2 Å². The van der Waals surface area contributed by atoms with Gasteiger partial charge in [-0.15, -0.1) is 11.8 Å². The molecule has 0 fully saturated rings. The van der Waals surface area contributed by atoms with Crippen molar-refractivity contribution in [1.29, 1.82) is 0 Å². The third-order valence-electron chi connectivity index (χ3n) is 3.92. The van der Waals surface area contributed by atoms with Gasteiger partial charge in [0.1, 0.15) is 5.82 Å². The van der Waals surface area contributed by atoms with Crippen molar-refractivity contribution in [1.82, 2.24) is 4.57 Å². The van der Waals surface area contributed by atoms with Crippen molar-refractivity contribution in [2.45, 2.75) is 25.6 Å². The Kier molecular flexibility index (Phi) is 6.24. The van der Waals surface area contributed by atoms with Gasteiger partial charge in [-0.25, -0.2) is 4.39 Å². The number of aromatic nitrogens is 1. The minimum Gasteiger partial charge on any atom is -0.325 e. The number of nitrogens with one attached hydrogen (secondary N) is 1. The maximum Gasteiger partial charge on any atom is 0.308 e. The Hall–Kier alpha value is -1.83. The van der Waals surface area contributed by atoms with Gasteiger partial charge in [0.15, 0.2) is 0 Å². The Balaban J connectivity index is 1.61. The first-order valence-corrected chi connectivity index (χ1v) is 10.7. The highest BCUT2D eigenvalue weighted by molar-refractivity contribution is 7.99. The molecule has 0 saturated heterocycles. The Morgan fingerprint density at radius 3 is 2.78 bits per heavy atom. The van der Waals surface area contributed by atoms with Crippen molar-refractivity contribution in [3.63, 3.8) is 0 Å². The number of hydrogen-bond donors (Lipinski definition) is 1. The molecular weight excluding hydrogens is 407 g/mol. The summed E-state index contributed by atoms with van der Waals surface area (Å²) >= 11 is 8.22. The molecule has 142 valence electrons. The molecule has 0 aliphatic heterocycles. The van der Waals surface area contributed by atoms with Crippen LogP contribution in [0, 0.1) is 5.82 Å². The fraction of sp³-hybridized carbons (Fsp3) is 0.263. The molecule has 0 saturated carbocycles. The van der Waals surface area contributed by atoms with Gasteiger partial charge in [0.25, 0.3) is 0 Å². The second-order valence-corrected chi connectivity index (χ2v) is 8.71. The maximum absolute atomic E-state index is 13.7. The van der Waals surface area contributed by atoms with Crippen LogP contribution in [0.15, 0.2) is 41.2 Å². The van der Waals surface area contributed by atoms with Gasteiger partial charge in [-0.2, -0.15) is 0 Å². The predicted molar refractivity (Wildman–Crippen MR) is 113 cm³/mol. The molecule has 0 spiro atoms. The number of hydrogen-bond acceptors (Lipinski definition) is 4. The number of carbonyl (C=O) groups is 1. The molecule has 8 heteroatoms. The van der Waals surface area contributed by atoms with Gasteiger partial charge < -0.3 is 5.32 Å². The summed E-state index contributed by atoms with van der Waals surface area (Å²) in [5, 5.41) is 3.17. The number of thiazole rings is 1. The lowest BCUT2D eigenvalue weighted by Crippen LogP contribution is -2.15. The van der Waals surface area contributed by atoms with E-state index >= 15 is 0 Å². The highest BCUT2D eigenvalue weighted by Gasteiger charge is 2.12. The van der Waals surface area contributed by atoms with Crippen LogP contribution in [0.1, 0.15) is 25.5 Å². The van der Waals surface area contributed by atoms with Crippen molar-refractivity contribution in [2.24, 2.45) is 0 Å².